The Kier molecular flexibility index (Phi) is 7.99. The van der Waals surface area contributed by atoms with E-state index >= 15 is 0 Å². The molecule has 1 aliphatic rings. The highest BCUT2D eigenvalue weighted by atomic mass is 32.1. The Morgan fingerprint density at radius 2 is 1.77 bits per heavy atom. The van der Waals surface area contributed by atoms with E-state index < -0.39 is 17.8 Å². The second-order valence-corrected chi connectivity index (χ2v) is 10.2. The summed E-state index contributed by atoms with van der Waals surface area (Å²) in [6, 6.07) is 16.3. The lowest BCUT2D eigenvalue weighted by Crippen LogP contribution is -2.36. The Bertz CT molecular complexity index is 1480. The number of aromatic nitrogens is 2. The van der Waals surface area contributed by atoms with Crippen LogP contribution in [0.1, 0.15) is 51.4 Å². The van der Waals surface area contributed by atoms with E-state index in [-0.39, 0.29) is 29.9 Å². The van der Waals surface area contributed by atoms with Crippen LogP contribution < -0.4 is 10.6 Å². The zero-order valence-corrected chi connectivity index (χ0v) is 22.2. The van der Waals surface area contributed by atoms with Crippen molar-refractivity contribution in [1.29, 1.82) is 0 Å². The first-order chi connectivity index (χ1) is 18.9. The molecule has 0 aliphatic carbocycles. The molecule has 1 saturated heterocycles. The van der Waals surface area contributed by atoms with Gasteiger partial charge in [0.15, 0.2) is 5.82 Å². The summed E-state index contributed by atoms with van der Waals surface area (Å²) in [5.41, 5.74) is 1.22. The van der Waals surface area contributed by atoms with E-state index in [4.69, 9.17) is 4.74 Å². The third-order valence-electron chi connectivity index (χ3n) is 6.51. The summed E-state index contributed by atoms with van der Waals surface area (Å²) < 4.78 is 19.5. The molecule has 4 aromatic rings. The van der Waals surface area contributed by atoms with Crippen LogP contribution >= 0.6 is 11.3 Å². The molecule has 1 fully saturated rings. The lowest BCUT2D eigenvalue weighted by Gasteiger charge is -2.24. The Balaban J connectivity index is 1.44. The molecule has 1 atom stereocenters. The fourth-order valence-electron chi connectivity index (χ4n) is 4.57. The number of halogens is 1. The fourth-order valence-corrected chi connectivity index (χ4v) is 5.58. The number of amides is 2. The number of anilines is 1. The molecule has 2 N–H and O–H groups in total. The van der Waals surface area contributed by atoms with Crippen LogP contribution in [0.3, 0.4) is 0 Å². The molecule has 2 amide bonds. The molecule has 0 saturated carbocycles. The minimum Gasteiger partial charge on any atom is -0.448 e. The Labute approximate surface area is 228 Å². The lowest BCUT2D eigenvalue weighted by atomic mass is 10.1. The monoisotopic (exact) mass is 549 g/mol. The van der Waals surface area contributed by atoms with Crippen LogP contribution in [0.15, 0.2) is 60.7 Å². The van der Waals surface area contributed by atoms with Crippen molar-refractivity contribution in [2.45, 2.75) is 25.8 Å². The first-order valence-electron chi connectivity index (χ1n) is 12.8. The van der Waals surface area contributed by atoms with Crippen molar-refractivity contribution in [1.82, 2.24) is 20.0 Å². The van der Waals surface area contributed by atoms with E-state index in [2.05, 4.69) is 20.6 Å². The summed E-state index contributed by atoms with van der Waals surface area (Å²) in [5, 5.41) is 10.5. The summed E-state index contributed by atoms with van der Waals surface area (Å²) in [6.45, 7) is 4.48. The Morgan fingerprint density at radius 3 is 2.46 bits per heavy atom. The molecule has 3 heterocycles. The molecule has 2 aromatic heterocycles. The zero-order valence-electron chi connectivity index (χ0n) is 21.4. The predicted octanol–water partition coefficient (Wildman–Crippen LogP) is 5.06. The molecule has 0 bridgehead atoms. The zero-order chi connectivity index (χ0) is 27.4. The molecule has 11 heteroatoms. The quantitative estimate of drug-likeness (QED) is 0.318. The molecule has 39 heavy (non-hydrogen) atoms. The second-order valence-electron chi connectivity index (χ2n) is 9.19. The number of hydrogen-bond donors (Lipinski definition) is 2. The normalized spacial score (nSPS) is 14.3. The number of nitrogens with zero attached hydrogens (tertiary/aromatic N) is 3. The van der Waals surface area contributed by atoms with Crippen LogP contribution in [0.5, 0.6) is 0 Å². The summed E-state index contributed by atoms with van der Waals surface area (Å²) in [4.78, 5) is 42.0. The first-order valence-corrected chi connectivity index (χ1v) is 13.6. The highest BCUT2D eigenvalue weighted by Gasteiger charge is 2.26. The Hall–Kier alpha value is -4.09. The third kappa shape index (κ3) is 5.99. The molecule has 0 radical (unpaired) electrons. The van der Waals surface area contributed by atoms with Gasteiger partial charge in [-0.3, -0.25) is 9.59 Å². The molecule has 9 nitrogen and oxygen atoms in total. The van der Waals surface area contributed by atoms with Crippen LogP contribution in [-0.2, 0) is 4.74 Å². The maximum absolute atomic E-state index is 13.5. The molecule has 5 rings (SSSR count). The van der Waals surface area contributed by atoms with E-state index in [9.17, 15) is 18.8 Å². The molecule has 0 spiro atoms. The standard InChI is InChI=1S/C28H28FN5O4S/c1-2-38-28(37)34-27-21(24(32-34)31-25(35)19-10-12-20(29)13-11-19)16-23(39-27)26(36)30-22(17-33-14-6-7-15-33)18-8-4-3-5-9-18/h3-5,8-13,16,22H,2,6-7,14-15,17H2,1H3,(H,30,36)(H,31,32,35)/t22-/m1/s1. The number of hydrogen-bond acceptors (Lipinski definition) is 7. The highest BCUT2D eigenvalue weighted by molar-refractivity contribution is 7.20. The van der Waals surface area contributed by atoms with Crippen LogP contribution in [0, 0.1) is 5.82 Å². The molecule has 0 unspecified atom stereocenters. The van der Waals surface area contributed by atoms with Gasteiger partial charge < -0.3 is 20.3 Å². The smallest absolute Gasteiger partial charge is 0.436 e. The molecular formula is C28H28FN5O4S. The van der Waals surface area contributed by atoms with Crippen LogP contribution in [-0.4, -0.2) is 58.8 Å². The minimum atomic E-state index is -0.727. The van der Waals surface area contributed by atoms with Crippen molar-refractivity contribution in [2.75, 3.05) is 31.6 Å². The van der Waals surface area contributed by atoms with Gasteiger partial charge in [-0.25, -0.2) is 9.18 Å². The van der Waals surface area contributed by atoms with Crippen molar-refractivity contribution in [3.05, 3.63) is 82.5 Å². The van der Waals surface area contributed by atoms with E-state index in [1.807, 2.05) is 30.3 Å². The van der Waals surface area contributed by atoms with Crippen LogP contribution in [0.4, 0.5) is 15.0 Å². The number of carbonyl (C=O) groups excluding carboxylic acids is 3. The second kappa shape index (κ2) is 11.7. The van der Waals surface area contributed by atoms with Gasteiger partial charge in [0.05, 0.1) is 22.9 Å². The summed E-state index contributed by atoms with van der Waals surface area (Å²) >= 11 is 1.08. The fraction of sp³-hybridized carbons (Fsp3) is 0.286. The number of fused-ring (bicyclic) bond motifs is 1. The van der Waals surface area contributed by atoms with Gasteiger partial charge in [-0.2, -0.15) is 4.68 Å². The van der Waals surface area contributed by atoms with E-state index in [0.29, 0.717) is 21.6 Å². The number of rotatable bonds is 8. The number of likely N-dealkylation sites (tertiary alicyclic amines) is 1. The van der Waals surface area contributed by atoms with Crippen molar-refractivity contribution in [2.24, 2.45) is 0 Å². The van der Waals surface area contributed by atoms with E-state index in [0.717, 1.165) is 47.5 Å². The molecule has 2 aromatic carbocycles. The number of nitrogens with one attached hydrogen (secondary N) is 2. The van der Waals surface area contributed by atoms with Gasteiger partial charge in [-0.15, -0.1) is 16.4 Å². The summed E-state index contributed by atoms with van der Waals surface area (Å²) in [5.74, 6) is -1.19. The Morgan fingerprint density at radius 1 is 1.05 bits per heavy atom. The number of carbonyl (C=O) groups is 3. The van der Waals surface area contributed by atoms with Gasteiger partial charge in [-0.1, -0.05) is 30.3 Å². The number of thiophene rings is 1. The summed E-state index contributed by atoms with van der Waals surface area (Å²) in [6.07, 6.45) is 1.56. The summed E-state index contributed by atoms with van der Waals surface area (Å²) in [7, 11) is 0. The van der Waals surface area contributed by atoms with Gasteiger partial charge >= 0.3 is 6.09 Å². The maximum atomic E-state index is 13.5. The molecule has 202 valence electrons. The van der Waals surface area contributed by atoms with Gasteiger partial charge in [0, 0.05) is 12.1 Å². The third-order valence-corrected chi connectivity index (χ3v) is 7.62. The first kappa shape index (κ1) is 26.5. The van der Waals surface area contributed by atoms with Crippen molar-refractivity contribution in [3.8, 4) is 0 Å². The average molecular weight is 550 g/mol. The topological polar surface area (TPSA) is 106 Å². The molecule has 1 aliphatic heterocycles. The lowest BCUT2D eigenvalue weighted by molar-refractivity contribution is 0.0930. The SMILES string of the molecule is CCOC(=O)n1nc(NC(=O)c2ccc(F)cc2)c2cc(C(=O)N[C@H](CN3CCCC3)c3ccccc3)sc21. The van der Waals surface area contributed by atoms with E-state index in [1.54, 1.807) is 13.0 Å². The predicted molar refractivity (Wildman–Crippen MR) is 147 cm³/mol. The van der Waals surface area contributed by atoms with Crippen molar-refractivity contribution < 1.29 is 23.5 Å². The van der Waals surface area contributed by atoms with E-state index in [1.165, 1.54) is 24.3 Å². The maximum Gasteiger partial charge on any atom is 0.436 e. The molecular weight excluding hydrogens is 521 g/mol. The minimum absolute atomic E-state index is 0.0966. The highest BCUT2D eigenvalue weighted by Crippen LogP contribution is 2.32. The van der Waals surface area contributed by atoms with Gasteiger partial charge in [0.25, 0.3) is 11.8 Å². The van der Waals surface area contributed by atoms with Gasteiger partial charge in [-0.05, 0) is 68.8 Å². The number of ether oxygens (including phenoxy) is 1. The largest absolute Gasteiger partial charge is 0.448 e. The van der Waals surface area contributed by atoms with Crippen molar-refractivity contribution >= 4 is 45.3 Å². The van der Waals surface area contributed by atoms with Gasteiger partial charge in [0.1, 0.15) is 10.6 Å². The van der Waals surface area contributed by atoms with Crippen molar-refractivity contribution in [3.63, 3.8) is 0 Å². The van der Waals surface area contributed by atoms with Gasteiger partial charge in [0.2, 0.25) is 0 Å². The average Bonchev–Trinajstić information content (AvgIpc) is 3.68. The van der Waals surface area contributed by atoms with Crippen LogP contribution in [0.2, 0.25) is 0 Å². The van der Waals surface area contributed by atoms with Crippen LogP contribution in [0.25, 0.3) is 10.2 Å². The number of benzene rings is 2.